The number of nitrogens with zero attached hydrogens (tertiary/aromatic N) is 3. The van der Waals surface area contributed by atoms with Crippen LogP contribution in [0.4, 0.5) is 0 Å². The summed E-state index contributed by atoms with van der Waals surface area (Å²) in [4.78, 5) is 43.5. The van der Waals surface area contributed by atoms with Gasteiger partial charge in [0, 0.05) is 36.6 Å². The smallest absolute Gasteiger partial charge is 0.261 e. The number of amides is 3. The van der Waals surface area contributed by atoms with Gasteiger partial charge in [0.05, 0.1) is 23.4 Å². The first-order chi connectivity index (χ1) is 15.6. The summed E-state index contributed by atoms with van der Waals surface area (Å²) in [6.45, 7) is 1.16. The molecule has 2 aromatic heterocycles. The van der Waals surface area contributed by atoms with Crippen molar-refractivity contribution in [2.24, 2.45) is 0 Å². The average molecular weight is 424 g/mol. The van der Waals surface area contributed by atoms with Crippen molar-refractivity contribution < 1.29 is 14.4 Å². The number of imide groups is 1. The minimum absolute atomic E-state index is 0.0968. The fourth-order valence-corrected chi connectivity index (χ4v) is 3.96. The van der Waals surface area contributed by atoms with E-state index >= 15 is 0 Å². The van der Waals surface area contributed by atoms with E-state index in [0.29, 0.717) is 29.9 Å². The number of carbonyl (C=O) groups is 3. The molecule has 0 radical (unpaired) electrons. The third-order valence-corrected chi connectivity index (χ3v) is 5.60. The molecule has 0 atom stereocenters. The second kappa shape index (κ2) is 8.11. The molecule has 7 nitrogen and oxygen atoms in total. The van der Waals surface area contributed by atoms with Gasteiger partial charge in [0.25, 0.3) is 17.7 Å². The van der Waals surface area contributed by atoms with Gasteiger partial charge in [0.15, 0.2) is 0 Å². The summed E-state index contributed by atoms with van der Waals surface area (Å²) in [7, 11) is 0. The number of hydrogen-bond acceptors (Lipinski definition) is 4. The van der Waals surface area contributed by atoms with Crippen LogP contribution in [0.2, 0.25) is 0 Å². The fraction of sp³-hybridized carbons (Fsp3) is 0.120. The Morgan fingerprint density at radius 1 is 0.906 bits per heavy atom. The normalized spacial score (nSPS) is 12.9. The minimum Gasteiger partial charge on any atom is -0.350 e. The molecule has 0 bridgehead atoms. The van der Waals surface area contributed by atoms with E-state index in [9.17, 15) is 14.4 Å². The number of aromatic nitrogens is 2. The van der Waals surface area contributed by atoms with Crippen LogP contribution < -0.4 is 5.32 Å². The van der Waals surface area contributed by atoms with Gasteiger partial charge in [-0.2, -0.15) is 0 Å². The predicted molar refractivity (Wildman–Crippen MR) is 119 cm³/mol. The molecule has 158 valence electrons. The molecule has 0 spiro atoms. The number of fused-ring (bicyclic) bond motifs is 2. The third-order valence-electron chi connectivity index (χ3n) is 5.60. The lowest BCUT2D eigenvalue weighted by Gasteiger charge is -2.12. The summed E-state index contributed by atoms with van der Waals surface area (Å²) >= 11 is 0. The highest BCUT2D eigenvalue weighted by molar-refractivity contribution is 6.22. The van der Waals surface area contributed by atoms with Crippen molar-refractivity contribution in [1.29, 1.82) is 0 Å². The number of rotatable bonds is 6. The molecule has 4 aromatic rings. The quantitative estimate of drug-likeness (QED) is 0.482. The third kappa shape index (κ3) is 3.54. The van der Waals surface area contributed by atoms with Crippen molar-refractivity contribution >= 4 is 28.6 Å². The molecule has 3 heterocycles. The van der Waals surface area contributed by atoms with E-state index in [4.69, 9.17) is 0 Å². The molecule has 7 heteroatoms. The molecule has 32 heavy (non-hydrogen) atoms. The number of para-hydroxylation sites is 1. The fourth-order valence-electron chi connectivity index (χ4n) is 3.96. The standard InChI is InChI=1S/C25H20N4O3/c30-23(27-12-14-28-13-10-17-5-1-2-7-22(17)28)18-8-9-20-21(15-18)25(32)29(24(20)31)16-19-6-3-4-11-26-19/h1-11,13,15H,12,14,16H2,(H,27,30). The molecular weight excluding hydrogens is 404 g/mol. The molecule has 1 aliphatic heterocycles. The van der Waals surface area contributed by atoms with E-state index in [2.05, 4.69) is 14.9 Å². The largest absolute Gasteiger partial charge is 0.350 e. The van der Waals surface area contributed by atoms with Gasteiger partial charge in [-0.15, -0.1) is 0 Å². The molecule has 0 saturated heterocycles. The van der Waals surface area contributed by atoms with Gasteiger partial charge in [0.1, 0.15) is 0 Å². The first-order valence-electron chi connectivity index (χ1n) is 10.3. The molecule has 0 saturated carbocycles. The lowest BCUT2D eigenvalue weighted by atomic mass is 10.1. The van der Waals surface area contributed by atoms with E-state index in [-0.39, 0.29) is 23.9 Å². The summed E-state index contributed by atoms with van der Waals surface area (Å²) in [5.41, 5.74) is 2.63. The number of carbonyl (C=O) groups excluding carboxylic acids is 3. The second-order valence-electron chi connectivity index (χ2n) is 7.60. The first-order valence-corrected chi connectivity index (χ1v) is 10.3. The molecule has 3 amide bonds. The highest BCUT2D eigenvalue weighted by Gasteiger charge is 2.36. The van der Waals surface area contributed by atoms with Crippen LogP contribution in [-0.4, -0.2) is 38.7 Å². The summed E-state index contributed by atoms with van der Waals surface area (Å²) in [6.07, 6.45) is 3.61. The zero-order valence-electron chi connectivity index (χ0n) is 17.2. The Bertz CT molecular complexity index is 1340. The van der Waals surface area contributed by atoms with Crippen molar-refractivity contribution in [1.82, 2.24) is 19.8 Å². The van der Waals surface area contributed by atoms with Crippen molar-refractivity contribution in [3.05, 3.63) is 102 Å². The van der Waals surface area contributed by atoms with Crippen molar-refractivity contribution in [2.75, 3.05) is 6.54 Å². The molecule has 0 aliphatic carbocycles. The lowest BCUT2D eigenvalue weighted by Crippen LogP contribution is -2.29. The van der Waals surface area contributed by atoms with Gasteiger partial charge in [-0.1, -0.05) is 24.3 Å². The highest BCUT2D eigenvalue weighted by Crippen LogP contribution is 2.25. The van der Waals surface area contributed by atoms with E-state index in [1.54, 1.807) is 36.5 Å². The topological polar surface area (TPSA) is 84.3 Å². The number of pyridine rings is 1. The maximum Gasteiger partial charge on any atom is 0.261 e. The second-order valence-corrected chi connectivity index (χ2v) is 7.60. The van der Waals surface area contributed by atoms with Crippen LogP contribution in [0.1, 0.15) is 36.8 Å². The van der Waals surface area contributed by atoms with E-state index in [0.717, 1.165) is 15.8 Å². The Morgan fingerprint density at radius 2 is 1.72 bits per heavy atom. The lowest BCUT2D eigenvalue weighted by molar-refractivity contribution is 0.0640. The van der Waals surface area contributed by atoms with Gasteiger partial charge >= 0.3 is 0 Å². The van der Waals surface area contributed by atoms with Crippen molar-refractivity contribution in [3.8, 4) is 0 Å². The van der Waals surface area contributed by atoms with Crippen molar-refractivity contribution in [2.45, 2.75) is 13.1 Å². The summed E-state index contributed by atoms with van der Waals surface area (Å²) < 4.78 is 2.08. The Morgan fingerprint density at radius 3 is 2.56 bits per heavy atom. The summed E-state index contributed by atoms with van der Waals surface area (Å²) in [6, 6.07) is 20.1. The summed E-state index contributed by atoms with van der Waals surface area (Å²) in [5.74, 6) is -1.07. The predicted octanol–water partition coefficient (Wildman–Crippen LogP) is 3.26. The van der Waals surface area contributed by atoms with Gasteiger partial charge in [-0.25, -0.2) is 0 Å². The van der Waals surface area contributed by atoms with E-state index in [1.165, 1.54) is 6.07 Å². The number of benzene rings is 2. The average Bonchev–Trinajstić information content (AvgIpc) is 3.34. The number of nitrogens with one attached hydrogen (secondary N) is 1. The SMILES string of the molecule is O=C(NCCn1ccc2ccccc21)c1ccc2c(c1)C(=O)N(Cc1ccccn1)C2=O. The molecule has 0 fully saturated rings. The zero-order chi connectivity index (χ0) is 22.1. The van der Waals surface area contributed by atoms with Crippen LogP contribution in [-0.2, 0) is 13.1 Å². The van der Waals surface area contributed by atoms with Gasteiger partial charge in [-0.3, -0.25) is 24.3 Å². The molecule has 1 aliphatic rings. The number of hydrogen-bond donors (Lipinski definition) is 1. The van der Waals surface area contributed by atoms with Gasteiger partial charge in [0.2, 0.25) is 0 Å². The van der Waals surface area contributed by atoms with E-state index in [1.807, 2.05) is 36.5 Å². The van der Waals surface area contributed by atoms with Crippen LogP contribution >= 0.6 is 0 Å². The molecule has 0 unspecified atom stereocenters. The Kier molecular flexibility index (Phi) is 4.99. The molecular formula is C25H20N4O3. The monoisotopic (exact) mass is 424 g/mol. The maximum absolute atomic E-state index is 12.8. The van der Waals surface area contributed by atoms with Crippen LogP contribution in [0.25, 0.3) is 10.9 Å². The van der Waals surface area contributed by atoms with Crippen LogP contribution in [0.5, 0.6) is 0 Å². The van der Waals surface area contributed by atoms with Crippen molar-refractivity contribution in [3.63, 3.8) is 0 Å². The maximum atomic E-state index is 12.8. The van der Waals surface area contributed by atoms with Crippen LogP contribution in [0, 0.1) is 0 Å². The van der Waals surface area contributed by atoms with E-state index < -0.39 is 5.91 Å². The van der Waals surface area contributed by atoms with Crippen LogP contribution in [0.15, 0.2) is 79.1 Å². The minimum atomic E-state index is -0.413. The first kappa shape index (κ1) is 19.7. The molecule has 1 N–H and O–H groups in total. The van der Waals surface area contributed by atoms with Gasteiger partial charge < -0.3 is 9.88 Å². The van der Waals surface area contributed by atoms with Gasteiger partial charge in [-0.05, 0) is 47.9 Å². The Balaban J connectivity index is 1.27. The molecule has 5 rings (SSSR count). The van der Waals surface area contributed by atoms with Crippen LogP contribution in [0.3, 0.4) is 0 Å². The Hall–Kier alpha value is -4.26. The molecule has 2 aromatic carbocycles. The zero-order valence-corrected chi connectivity index (χ0v) is 17.2. The Labute approximate surface area is 184 Å². The summed E-state index contributed by atoms with van der Waals surface area (Å²) in [5, 5.41) is 4.04. The highest BCUT2D eigenvalue weighted by atomic mass is 16.2.